The molecule has 1 saturated heterocycles. The molecule has 0 radical (unpaired) electrons. The quantitative estimate of drug-likeness (QED) is 0.782. The predicted octanol–water partition coefficient (Wildman–Crippen LogP) is 2.37. The minimum atomic E-state index is 0.101. The number of halogens is 1. The van der Waals surface area contributed by atoms with Gasteiger partial charge in [-0.2, -0.15) is 16.9 Å². The van der Waals surface area contributed by atoms with Gasteiger partial charge in [0.1, 0.15) is 5.69 Å². The zero-order valence-corrected chi connectivity index (χ0v) is 12.1. The minimum Gasteiger partial charge on any atom is -0.383 e. The van der Waals surface area contributed by atoms with Crippen LogP contribution in [0, 0.1) is 0 Å². The minimum absolute atomic E-state index is 0.101. The van der Waals surface area contributed by atoms with Crippen molar-refractivity contribution in [2.75, 3.05) is 19.5 Å². The van der Waals surface area contributed by atoms with Gasteiger partial charge in [-0.05, 0) is 34.5 Å². The van der Waals surface area contributed by atoms with Crippen LogP contribution in [0.4, 0.5) is 0 Å². The second kappa shape index (κ2) is 6.02. The highest BCUT2D eigenvalue weighted by molar-refractivity contribution is 9.10. The van der Waals surface area contributed by atoms with Gasteiger partial charge >= 0.3 is 0 Å². The maximum atomic E-state index is 12.4. The van der Waals surface area contributed by atoms with E-state index < -0.39 is 0 Å². The Hall–Kier alpha value is -0.330. The Labute approximate surface area is 113 Å². The zero-order chi connectivity index (χ0) is 12.3. The van der Waals surface area contributed by atoms with E-state index >= 15 is 0 Å². The van der Waals surface area contributed by atoms with E-state index in [0.717, 1.165) is 23.1 Å². The molecule has 1 aromatic heterocycles. The zero-order valence-electron chi connectivity index (χ0n) is 9.69. The van der Waals surface area contributed by atoms with Gasteiger partial charge in [0.2, 0.25) is 0 Å². The van der Waals surface area contributed by atoms with Crippen molar-refractivity contribution >= 4 is 33.5 Å². The molecule has 6 heteroatoms. The Morgan fingerprint density at radius 3 is 3.24 bits per heavy atom. The molecule has 0 amide bonds. The number of aromatic nitrogens is 2. The van der Waals surface area contributed by atoms with Gasteiger partial charge in [-0.1, -0.05) is 0 Å². The highest BCUT2D eigenvalue weighted by Gasteiger charge is 2.28. The Bertz CT molecular complexity index is 402. The van der Waals surface area contributed by atoms with Crippen LogP contribution in [0.2, 0.25) is 0 Å². The summed E-state index contributed by atoms with van der Waals surface area (Å²) < 4.78 is 7.54. The van der Waals surface area contributed by atoms with Gasteiger partial charge in [0.15, 0.2) is 5.78 Å². The summed E-state index contributed by atoms with van der Waals surface area (Å²) >= 11 is 5.15. The molecule has 17 heavy (non-hydrogen) atoms. The van der Waals surface area contributed by atoms with Gasteiger partial charge in [-0.3, -0.25) is 9.48 Å². The number of carbonyl (C=O) groups excluding carboxylic acids is 1. The summed E-state index contributed by atoms with van der Waals surface area (Å²) in [6.45, 7) is 1.17. The summed E-state index contributed by atoms with van der Waals surface area (Å²) in [6.07, 6.45) is 3.79. The predicted molar refractivity (Wildman–Crippen MR) is 71.6 cm³/mol. The van der Waals surface area contributed by atoms with Crippen LogP contribution in [-0.4, -0.2) is 40.3 Å². The van der Waals surface area contributed by atoms with Crippen molar-refractivity contribution in [1.29, 1.82) is 0 Å². The molecule has 1 fully saturated rings. The monoisotopic (exact) mass is 318 g/mol. The maximum Gasteiger partial charge on any atom is 0.194 e. The molecule has 1 atom stereocenters. The summed E-state index contributed by atoms with van der Waals surface area (Å²) in [5.41, 5.74) is 0.682. The first-order valence-corrected chi connectivity index (χ1v) is 7.44. The fourth-order valence-electron chi connectivity index (χ4n) is 1.89. The molecule has 2 rings (SSSR count). The van der Waals surface area contributed by atoms with Crippen molar-refractivity contribution in [3.63, 3.8) is 0 Å². The molecule has 1 aromatic rings. The molecule has 4 nitrogen and oxygen atoms in total. The second-order valence-electron chi connectivity index (χ2n) is 3.92. The van der Waals surface area contributed by atoms with Crippen LogP contribution in [0.1, 0.15) is 23.3 Å². The number of ether oxygens (including phenoxy) is 1. The molecule has 0 bridgehead atoms. The Morgan fingerprint density at radius 1 is 1.76 bits per heavy atom. The lowest BCUT2D eigenvalue weighted by Crippen LogP contribution is -2.21. The molecule has 94 valence electrons. The molecule has 0 aromatic carbocycles. The third-order valence-electron chi connectivity index (χ3n) is 2.76. The molecule has 1 aliphatic rings. The van der Waals surface area contributed by atoms with Crippen LogP contribution in [0.5, 0.6) is 0 Å². The van der Waals surface area contributed by atoms with Crippen LogP contribution >= 0.6 is 27.7 Å². The van der Waals surface area contributed by atoms with Crippen molar-refractivity contribution in [2.24, 2.45) is 0 Å². The summed E-state index contributed by atoms with van der Waals surface area (Å²) in [5, 5.41) is 4.31. The van der Waals surface area contributed by atoms with E-state index in [9.17, 15) is 4.79 Å². The van der Waals surface area contributed by atoms with Crippen molar-refractivity contribution < 1.29 is 9.53 Å². The van der Waals surface area contributed by atoms with Gasteiger partial charge in [-0.15, -0.1) is 0 Å². The highest BCUT2D eigenvalue weighted by atomic mass is 79.9. The number of methoxy groups -OCH3 is 1. The summed E-state index contributed by atoms with van der Waals surface area (Å²) in [5.74, 6) is 1.27. The Morgan fingerprint density at radius 2 is 2.59 bits per heavy atom. The van der Waals surface area contributed by atoms with Crippen molar-refractivity contribution in [3.8, 4) is 0 Å². The number of Topliss-reactive ketones (excluding diaryl/α,β-unsaturated/α-hetero) is 1. The fraction of sp³-hybridized carbons (Fsp3) is 0.636. The first-order valence-electron chi connectivity index (χ1n) is 5.60. The fourth-order valence-corrected chi connectivity index (χ4v) is 3.60. The number of hydrogen-bond donors (Lipinski definition) is 0. The smallest absolute Gasteiger partial charge is 0.194 e. The molecule has 1 aliphatic heterocycles. The number of nitrogens with zero attached hydrogens (tertiary/aromatic N) is 2. The van der Waals surface area contributed by atoms with Crippen molar-refractivity contribution in [3.05, 3.63) is 16.4 Å². The number of ketones is 1. The van der Waals surface area contributed by atoms with Gasteiger partial charge in [0.25, 0.3) is 0 Å². The Kier molecular flexibility index (Phi) is 4.64. The average molecular weight is 319 g/mol. The van der Waals surface area contributed by atoms with Crippen LogP contribution in [0.25, 0.3) is 0 Å². The van der Waals surface area contributed by atoms with Gasteiger partial charge in [0, 0.05) is 7.11 Å². The first-order chi connectivity index (χ1) is 8.24. The van der Waals surface area contributed by atoms with Crippen LogP contribution in [0.15, 0.2) is 10.7 Å². The molecule has 0 saturated carbocycles. The van der Waals surface area contributed by atoms with Crippen LogP contribution in [-0.2, 0) is 11.3 Å². The third kappa shape index (κ3) is 2.92. The molecule has 0 spiro atoms. The number of carbonyl (C=O) groups is 1. The molecular formula is C11H15BrN2O2S. The third-order valence-corrected chi connectivity index (χ3v) is 4.71. The lowest BCUT2D eigenvalue weighted by atomic mass is 10.1. The topological polar surface area (TPSA) is 44.1 Å². The molecular weight excluding hydrogens is 304 g/mol. The van der Waals surface area contributed by atoms with E-state index in [0.29, 0.717) is 18.8 Å². The van der Waals surface area contributed by atoms with Gasteiger partial charge < -0.3 is 4.74 Å². The van der Waals surface area contributed by atoms with Crippen molar-refractivity contribution in [2.45, 2.75) is 24.6 Å². The first kappa shape index (κ1) is 13.1. The van der Waals surface area contributed by atoms with E-state index in [1.165, 1.54) is 0 Å². The molecule has 0 N–H and O–H groups in total. The van der Waals surface area contributed by atoms with Crippen LogP contribution in [0.3, 0.4) is 0 Å². The second-order valence-corrected chi connectivity index (χ2v) is 6.09. The highest BCUT2D eigenvalue weighted by Crippen LogP contribution is 2.31. The largest absolute Gasteiger partial charge is 0.383 e. The number of thioether (sulfide) groups is 1. The number of hydrogen-bond acceptors (Lipinski definition) is 4. The van der Waals surface area contributed by atoms with Crippen molar-refractivity contribution in [1.82, 2.24) is 9.78 Å². The van der Waals surface area contributed by atoms with E-state index in [4.69, 9.17) is 4.74 Å². The SMILES string of the molecule is COCCn1ncc(Br)c1C(=O)C1CCCS1. The lowest BCUT2D eigenvalue weighted by molar-refractivity contribution is 0.0973. The van der Waals surface area contributed by atoms with E-state index in [2.05, 4.69) is 21.0 Å². The van der Waals surface area contributed by atoms with E-state index in [1.54, 1.807) is 29.8 Å². The standard InChI is InChI=1S/C11H15BrN2O2S/c1-16-5-4-14-10(8(12)7-13-14)11(15)9-3-2-6-17-9/h7,9H,2-6H2,1H3. The summed E-state index contributed by atoms with van der Waals surface area (Å²) in [7, 11) is 1.65. The van der Waals surface area contributed by atoms with Gasteiger partial charge in [0.05, 0.1) is 29.1 Å². The molecule has 1 unspecified atom stereocenters. The summed E-state index contributed by atoms with van der Waals surface area (Å²) in [6, 6.07) is 0. The number of rotatable bonds is 5. The maximum absolute atomic E-state index is 12.4. The normalized spacial score (nSPS) is 19.8. The summed E-state index contributed by atoms with van der Waals surface area (Å²) in [4.78, 5) is 12.4. The average Bonchev–Trinajstić information content (AvgIpc) is 2.95. The van der Waals surface area contributed by atoms with Gasteiger partial charge in [-0.25, -0.2) is 0 Å². The lowest BCUT2D eigenvalue weighted by Gasteiger charge is -2.10. The Balaban J connectivity index is 2.17. The van der Waals surface area contributed by atoms with E-state index in [1.807, 2.05) is 0 Å². The van der Waals surface area contributed by atoms with Crippen LogP contribution < -0.4 is 0 Å². The molecule has 0 aliphatic carbocycles. The van der Waals surface area contributed by atoms with E-state index in [-0.39, 0.29) is 11.0 Å². The molecule has 2 heterocycles.